The zero-order valence-corrected chi connectivity index (χ0v) is 19.7. The summed E-state index contributed by atoms with van der Waals surface area (Å²) in [5.41, 5.74) is 2.54. The van der Waals surface area contributed by atoms with Gasteiger partial charge in [-0.2, -0.15) is 0 Å². The summed E-state index contributed by atoms with van der Waals surface area (Å²) in [6, 6.07) is 14.9. The van der Waals surface area contributed by atoms with Crippen molar-refractivity contribution in [3.63, 3.8) is 0 Å². The van der Waals surface area contributed by atoms with Crippen LogP contribution in [0.25, 0.3) is 0 Å². The second kappa shape index (κ2) is 9.60. The van der Waals surface area contributed by atoms with Gasteiger partial charge >= 0.3 is 0 Å². The number of halogens is 1. The molecule has 162 valence electrons. The Morgan fingerprint density at radius 1 is 1.13 bits per heavy atom. The summed E-state index contributed by atoms with van der Waals surface area (Å²) in [6.07, 6.45) is 1.09. The van der Waals surface area contributed by atoms with Crippen LogP contribution in [0.3, 0.4) is 0 Å². The number of carbonyl (C=O) groups excluding carboxylic acids is 1. The Kier molecular flexibility index (Phi) is 7.34. The van der Waals surface area contributed by atoms with Crippen molar-refractivity contribution < 1.29 is 13.2 Å². The first-order valence-electron chi connectivity index (χ1n) is 10.0. The average Bonchev–Trinajstić information content (AvgIpc) is 2.72. The van der Waals surface area contributed by atoms with Crippen LogP contribution in [-0.4, -0.2) is 44.4 Å². The van der Waals surface area contributed by atoms with E-state index in [0.29, 0.717) is 11.0 Å². The molecule has 0 aromatic heterocycles. The lowest BCUT2D eigenvalue weighted by Crippen LogP contribution is -2.53. The molecule has 2 aromatic carbocycles. The smallest absolute Gasteiger partial charge is 0.240 e. The molecular formula is C22H28BrN3O3S. The molecule has 0 unspecified atom stereocenters. The van der Waals surface area contributed by atoms with E-state index in [0.717, 1.165) is 19.5 Å². The maximum absolute atomic E-state index is 12.3. The average molecular weight is 494 g/mol. The zero-order valence-electron chi connectivity index (χ0n) is 17.3. The van der Waals surface area contributed by atoms with Gasteiger partial charge in [0.25, 0.3) is 0 Å². The van der Waals surface area contributed by atoms with Crippen LogP contribution in [-0.2, 0) is 27.8 Å². The number of nitrogens with zero attached hydrogens (tertiary/aromatic N) is 1. The molecule has 8 heteroatoms. The Bertz CT molecular complexity index is 1010. The molecule has 0 spiro atoms. The Labute approximate surface area is 187 Å². The summed E-state index contributed by atoms with van der Waals surface area (Å²) in [4.78, 5) is 14.8. The zero-order chi connectivity index (χ0) is 21.8. The van der Waals surface area contributed by atoms with Crippen LogP contribution < -0.4 is 10.0 Å². The molecule has 2 N–H and O–H groups in total. The van der Waals surface area contributed by atoms with Crippen molar-refractivity contribution >= 4 is 31.9 Å². The van der Waals surface area contributed by atoms with E-state index in [1.165, 1.54) is 23.3 Å². The fourth-order valence-electron chi connectivity index (χ4n) is 3.54. The summed E-state index contributed by atoms with van der Waals surface area (Å²) in [7, 11) is -3.64. The molecule has 3 rings (SSSR count). The highest BCUT2D eigenvalue weighted by molar-refractivity contribution is 9.10. The van der Waals surface area contributed by atoms with Gasteiger partial charge in [-0.25, -0.2) is 13.1 Å². The van der Waals surface area contributed by atoms with Crippen molar-refractivity contribution in [1.29, 1.82) is 0 Å². The number of nitrogens with one attached hydrogen (secondary N) is 2. The van der Waals surface area contributed by atoms with Gasteiger partial charge in [0.2, 0.25) is 15.9 Å². The topological polar surface area (TPSA) is 78.5 Å². The van der Waals surface area contributed by atoms with Gasteiger partial charge in [0.1, 0.15) is 0 Å². The van der Waals surface area contributed by atoms with E-state index in [2.05, 4.69) is 69.0 Å². The largest absolute Gasteiger partial charge is 0.354 e. The van der Waals surface area contributed by atoms with Crippen molar-refractivity contribution in [3.8, 4) is 0 Å². The first-order chi connectivity index (χ1) is 14.2. The fraction of sp³-hybridized carbons (Fsp3) is 0.409. The predicted molar refractivity (Wildman–Crippen MR) is 122 cm³/mol. The monoisotopic (exact) mass is 493 g/mol. The third kappa shape index (κ3) is 5.91. The number of amides is 1. The first-order valence-corrected chi connectivity index (χ1v) is 12.3. The number of hydrogen-bond acceptors (Lipinski definition) is 4. The number of benzene rings is 2. The number of rotatable bonds is 8. The van der Waals surface area contributed by atoms with Crippen molar-refractivity contribution in [1.82, 2.24) is 14.9 Å². The highest BCUT2D eigenvalue weighted by atomic mass is 79.9. The van der Waals surface area contributed by atoms with Gasteiger partial charge in [-0.05, 0) is 49.6 Å². The van der Waals surface area contributed by atoms with Crippen LogP contribution in [0.1, 0.15) is 31.4 Å². The van der Waals surface area contributed by atoms with Gasteiger partial charge in [-0.15, -0.1) is 0 Å². The van der Waals surface area contributed by atoms with Crippen LogP contribution in [0.5, 0.6) is 0 Å². The van der Waals surface area contributed by atoms with E-state index < -0.39 is 10.0 Å². The maximum atomic E-state index is 12.3. The Morgan fingerprint density at radius 2 is 1.87 bits per heavy atom. The summed E-state index contributed by atoms with van der Waals surface area (Å²) in [5.74, 6) is -0.169. The Hall–Kier alpha value is -1.74. The number of hydrogen-bond donors (Lipinski definition) is 2. The third-order valence-electron chi connectivity index (χ3n) is 5.46. The van der Waals surface area contributed by atoms with Gasteiger partial charge < -0.3 is 5.32 Å². The molecule has 0 saturated heterocycles. The second-order valence-corrected chi connectivity index (χ2v) is 10.8. The molecule has 1 amide bonds. The van der Waals surface area contributed by atoms with Gasteiger partial charge in [-0.3, -0.25) is 9.69 Å². The summed E-state index contributed by atoms with van der Waals surface area (Å²) >= 11 is 3.27. The molecule has 1 aliphatic heterocycles. The number of sulfonamides is 1. The molecule has 2 aromatic rings. The summed E-state index contributed by atoms with van der Waals surface area (Å²) in [6.45, 7) is 6.62. The van der Waals surface area contributed by atoms with E-state index in [9.17, 15) is 13.2 Å². The van der Waals surface area contributed by atoms with Crippen molar-refractivity contribution in [2.75, 3.05) is 19.6 Å². The highest BCUT2D eigenvalue weighted by Crippen LogP contribution is 2.25. The quantitative estimate of drug-likeness (QED) is 0.592. The van der Waals surface area contributed by atoms with Gasteiger partial charge in [0.05, 0.1) is 4.90 Å². The van der Waals surface area contributed by atoms with Crippen LogP contribution in [0, 0.1) is 0 Å². The normalized spacial score (nSPS) is 14.9. The molecule has 1 aliphatic rings. The summed E-state index contributed by atoms with van der Waals surface area (Å²) < 4.78 is 27.8. The maximum Gasteiger partial charge on any atom is 0.240 e. The van der Waals surface area contributed by atoms with Crippen LogP contribution in [0.4, 0.5) is 0 Å². The first kappa shape index (κ1) is 22.9. The summed E-state index contributed by atoms with van der Waals surface area (Å²) in [5, 5.41) is 2.96. The van der Waals surface area contributed by atoms with Gasteiger partial charge in [0, 0.05) is 42.6 Å². The van der Waals surface area contributed by atoms with Crippen molar-refractivity contribution in [2.24, 2.45) is 0 Å². The molecule has 0 atom stereocenters. The minimum atomic E-state index is -3.64. The molecule has 0 bridgehead atoms. The van der Waals surface area contributed by atoms with Gasteiger partial charge in [-0.1, -0.05) is 46.3 Å². The minimum absolute atomic E-state index is 0.0538. The van der Waals surface area contributed by atoms with E-state index in [4.69, 9.17) is 0 Å². The highest BCUT2D eigenvalue weighted by Gasteiger charge is 2.30. The third-order valence-corrected chi connectivity index (χ3v) is 7.41. The second-order valence-electron chi connectivity index (χ2n) is 8.13. The molecule has 0 saturated carbocycles. The molecule has 6 nitrogen and oxygen atoms in total. The molecule has 0 aliphatic carbocycles. The van der Waals surface area contributed by atoms with Crippen LogP contribution >= 0.6 is 15.9 Å². The van der Waals surface area contributed by atoms with E-state index >= 15 is 0 Å². The van der Waals surface area contributed by atoms with E-state index in [1.807, 2.05) is 0 Å². The lowest BCUT2D eigenvalue weighted by Gasteiger charge is -2.41. The van der Waals surface area contributed by atoms with Crippen molar-refractivity contribution in [3.05, 3.63) is 64.1 Å². The molecule has 30 heavy (non-hydrogen) atoms. The van der Waals surface area contributed by atoms with E-state index in [1.54, 1.807) is 12.1 Å². The number of fused-ring (bicyclic) bond motifs is 1. The Balaban J connectivity index is 1.46. The predicted octanol–water partition coefficient (Wildman–Crippen LogP) is 3.07. The van der Waals surface area contributed by atoms with Crippen molar-refractivity contribution in [2.45, 2.75) is 43.7 Å². The fourth-order valence-corrected chi connectivity index (χ4v) is 5.17. The lowest BCUT2D eigenvalue weighted by atomic mass is 9.94. The van der Waals surface area contributed by atoms with Crippen LogP contribution in [0.15, 0.2) is 57.9 Å². The molecule has 0 radical (unpaired) electrons. The van der Waals surface area contributed by atoms with Gasteiger partial charge in [0.15, 0.2) is 0 Å². The SMILES string of the molecule is CC(C)(CNC(=O)CCNS(=O)(=O)c1cccc(Br)c1)N1CCc2ccccc2C1. The molecule has 0 fully saturated rings. The minimum Gasteiger partial charge on any atom is -0.354 e. The Morgan fingerprint density at radius 3 is 2.60 bits per heavy atom. The number of carbonyl (C=O) groups is 1. The molecular weight excluding hydrogens is 466 g/mol. The molecule has 1 heterocycles. The standard InChI is InChI=1S/C22H28BrN3O3S/c1-22(2,26-13-11-17-6-3-4-7-18(17)15-26)16-24-21(27)10-12-25-30(28,29)20-9-5-8-19(23)14-20/h3-9,14,25H,10-13,15-16H2,1-2H3,(H,24,27). The van der Waals surface area contributed by atoms with Crippen LogP contribution in [0.2, 0.25) is 0 Å². The lowest BCUT2D eigenvalue weighted by molar-refractivity contribution is -0.121. The van der Waals surface area contributed by atoms with E-state index in [-0.39, 0.29) is 29.3 Å².